The molecular weight excluding hydrogens is 1590 g/mol. The first-order chi connectivity index (χ1) is 58.7. The summed E-state index contributed by atoms with van der Waals surface area (Å²) in [5.74, 6) is -12.7. The zero-order valence-electron chi connectivity index (χ0n) is 72.6. The number of para-hydroxylation sites is 1. The molecule has 1 aromatic carbocycles. The molecule has 41 nitrogen and oxygen atoms in total. The van der Waals surface area contributed by atoms with E-state index in [2.05, 4.69) is 78.8 Å². The highest BCUT2D eigenvalue weighted by Gasteiger charge is 2.46. The van der Waals surface area contributed by atoms with Gasteiger partial charge in [-0.1, -0.05) is 45.9 Å². The largest absolute Gasteiger partial charge is 0.391 e. The highest BCUT2D eigenvalue weighted by atomic mass is 16.3. The fourth-order valence-corrected chi connectivity index (χ4v) is 15.2. The second-order valence-electron chi connectivity index (χ2n) is 33.1. The highest BCUT2D eigenvalue weighted by Crippen LogP contribution is 2.28. The topological polar surface area (TPSA) is 685 Å². The number of guanidine groups is 2. The molecule has 0 spiro atoms. The van der Waals surface area contributed by atoms with Gasteiger partial charge in [-0.25, -0.2) is 0 Å². The number of nitrogens with one attached hydrogen (secondary N) is 13. The molecule has 690 valence electrons. The Morgan fingerprint density at radius 1 is 0.390 bits per heavy atom. The molecule has 0 unspecified atom stereocenters. The first-order valence-electron chi connectivity index (χ1n) is 43.8. The van der Waals surface area contributed by atoms with Gasteiger partial charge < -0.3 is 135 Å². The lowest BCUT2D eigenvalue weighted by atomic mass is 9.99. The Hall–Kier alpha value is -10.4. The van der Waals surface area contributed by atoms with E-state index in [0.717, 1.165) is 0 Å². The maximum Gasteiger partial charge on any atom is 0.246 e. The van der Waals surface area contributed by atoms with Crippen molar-refractivity contribution in [2.45, 2.75) is 299 Å². The van der Waals surface area contributed by atoms with Gasteiger partial charge in [-0.15, -0.1) is 0 Å². The molecule has 0 saturated carbocycles. The second kappa shape index (κ2) is 54.3. The van der Waals surface area contributed by atoms with Crippen LogP contribution in [0.2, 0.25) is 0 Å². The molecule has 4 heterocycles. The monoisotopic (exact) mass is 1730 g/mol. The number of nitrogens with zero attached hydrogens (tertiary/aromatic N) is 4. The number of nitrogens with two attached hydrogens (primary N) is 9. The van der Waals surface area contributed by atoms with Gasteiger partial charge in [0.25, 0.3) is 0 Å². The molecule has 2 aromatic rings. The van der Waals surface area contributed by atoms with Crippen molar-refractivity contribution in [2.24, 2.45) is 73.4 Å². The maximum atomic E-state index is 15.4. The van der Waals surface area contributed by atoms with Crippen molar-refractivity contribution in [3.63, 3.8) is 0 Å². The van der Waals surface area contributed by atoms with Gasteiger partial charge in [-0.2, -0.15) is 0 Å². The van der Waals surface area contributed by atoms with Crippen LogP contribution in [0, 0.1) is 11.8 Å². The van der Waals surface area contributed by atoms with Gasteiger partial charge in [0.05, 0.1) is 6.10 Å². The number of fused-ring (bicyclic) bond motifs is 3. The quantitative estimate of drug-likeness (QED) is 0.0177. The number of H-pyrrole nitrogens is 1. The van der Waals surface area contributed by atoms with Crippen molar-refractivity contribution in [1.29, 1.82) is 0 Å². The first kappa shape index (κ1) is 103. The van der Waals surface area contributed by atoms with Gasteiger partial charge in [0, 0.05) is 49.7 Å². The lowest BCUT2D eigenvalue weighted by molar-refractivity contribution is -0.148. The van der Waals surface area contributed by atoms with E-state index in [4.69, 9.17) is 51.6 Å². The molecule has 14 amide bonds. The molecular formula is C82H142N26O15. The normalized spacial score (nSPS) is 25.3. The number of unbranched alkanes of at least 4 members (excludes halogenated alkanes) is 5. The summed E-state index contributed by atoms with van der Waals surface area (Å²) in [6.07, 6.45) is 3.99. The third-order valence-corrected chi connectivity index (χ3v) is 21.9. The first-order valence-corrected chi connectivity index (χ1v) is 43.8. The average Bonchev–Trinajstić information content (AvgIpc) is 1.65. The number of carbonyl (C=O) groups is 14. The van der Waals surface area contributed by atoms with Crippen molar-refractivity contribution in [1.82, 2.24) is 78.6 Å². The molecule has 32 N–H and O–H groups in total. The fraction of sp³-hybridized carbons (Fsp3) is 0.707. The van der Waals surface area contributed by atoms with E-state index in [-0.39, 0.29) is 192 Å². The molecule has 1 aromatic heterocycles. The van der Waals surface area contributed by atoms with Crippen LogP contribution >= 0.6 is 0 Å². The minimum Gasteiger partial charge on any atom is -0.391 e. The number of carbonyl (C=O) groups excluding carboxylic acids is 14. The Bertz CT molecular complexity index is 3830. The maximum absolute atomic E-state index is 15.4. The summed E-state index contributed by atoms with van der Waals surface area (Å²) in [6.45, 7) is 10.9. The van der Waals surface area contributed by atoms with E-state index < -0.39 is 173 Å². The minimum absolute atomic E-state index is 0.00292. The van der Waals surface area contributed by atoms with Crippen molar-refractivity contribution in [3.8, 4) is 0 Å². The van der Waals surface area contributed by atoms with Gasteiger partial charge in [-0.05, 0) is 231 Å². The summed E-state index contributed by atoms with van der Waals surface area (Å²) in [6, 6.07) is -12.4. The third-order valence-electron chi connectivity index (χ3n) is 21.9. The number of aliphatic imine (C=N–C) groups is 2. The number of aromatic amines is 1. The zero-order valence-corrected chi connectivity index (χ0v) is 72.6. The molecule has 0 radical (unpaired) electrons. The number of rotatable bonds is 35. The van der Waals surface area contributed by atoms with Crippen LogP contribution in [-0.2, 0) is 73.5 Å². The van der Waals surface area contributed by atoms with Crippen LogP contribution in [-0.4, -0.2) is 264 Å². The number of hydrogen-bond donors (Lipinski definition) is 23. The lowest BCUT2D eigenvalue weighted by Gasteiger charge is -2.34. The van der Waals surface area contributed by atoms with Crippen molar-refractivity contribution in [2.75, 3.05) is 58.9 Å². The van der Waals surface area contributed by atoms with Gasteiger partial charge in [0.2, 0.25) is 82.7 Å². The third kappa shape index (κ3) is 34.7. The predicted molar refractivity (Wildman–Crippen MR) is 465 cm³/mol. The molecule has 123 heavy (non-hydrogen) atoms. The molecule has 3 saturated heterocycles. The Morgan fingerprint density at radius 3 is 1.12 bits per heavy atom. The summed E-state index contributed by atoms with van der Waals surface area (Å²) in [7, 11) is 0. The number of amides is 14. The van der Waals surface area contributed by atoms with Gasteiger partial charge in [-0.3, -0.25) is 77.1 Å². The number of aromatic nitrogens is 1. The highest BCUT2D eigenvalue weighted by molar-refractivity contribution is 6.01. The smallest absolute Gasteiger partial charge is 0.246 e. The van der Waals surface area contributed by atoms with Crippen molar-refractivity contribution in [3.05, 3.63) is 36.0 Å². The summed E-state index contributed by atoms with van der Waals surface area (Å²) < 4.78 is 0. The Morgan fingerprint density at radius 2 is 0.724 bits per heavy atom. The summed E-state index contributed by atoms with van der Waals surface area (Å²) in [5.41, 5.74) is 53.8. The van der Waals surface area contributed by atoms with Crippen LogP contribution in [0.4, 0.5) is 0 Å². The van der Waals surface area contributed by atoms with E-state index in [0.29, 0.717) is 74.3 Å². The molecule has 3 aliphatic rings. The van der Waals surface area contributed by atoms with E-state index >= 15 is 24.0 Å². The zero-order chi connectivity index (χ0) is 90.8. The fourth-order valence-electron chi connectivity index (χ4n) is 15.2. The van der Waals surface area contributed by atoms with Gasteiger partial charge >= 0.3 is 0 Å². The number of aliphatic hydroxyl groups is 1. The summed E-state index contributed by atoms with van der Waals surface area (Å²) in [5, 5.41) is 45.0. The molecule has 3 fully saturated rings. The second-order valence-corrected chi connectivity index (χ2v) is 33.1. The summed E-state index contributed by atoms with van der Waals surface area (Å²) >= 11 is 0. The number of aliphatic hydroxyl groups excluding tert-OH is 1. The molecule has 41 heteroatoms. The van der Waals surface area contributed by atoms with Gasteiger partial charge in [0.1, 0.15) is 84.6 Å². The molecule has 3 aliphatic heterocycles. The molecule has 15 atom stereocenters. The lowest BCUT2D eigenvalue weighted by Crippen LogP contribution is -2.62. The minimum atomic E-state index is -1.70. The SMILES string of the molecule is CC(C)C[C@@H]1NC(=O)[C@H](CC(C)C)NC(=O)[C@H]([C@@H](C)O)NC(=O)[C@@H]2CCCN2C(=O)[C@H]2CCCN2C(=O)[C@H](CCCCN)NC(=O)[C@H](C)NC(=O)[C@H](CCCCN)NC(=O)[C@H](CCCCN)NC(=O)[C@H](Cc2c[nH]c3ccccc23)NC(=O)[C@H](CCCN=C(N)N)NC(=O)[C@H](CCCN=C(N)N)NC(=O)[C@H](CCCCN)NC(=O)[C@H](CCCCN)NC1=O. The molecule has 0 aliphatic carbocycles. The van der Waals surface area contributed by atoms with Crippen LogP contribution in [0.25, 0.3) is 10.9 Å². The Kier molecular flexibility index (Phi) is 45.6. The van der Waals surface area contributed by atoms with Crippen LogP contribution in [0.5, 0.6) is 0 Å². The predicted octanol–water partition coefficient (Wildman–Crippen LogP) is -4.23. The van der Waals surface area contributed by atoms with Crippen LogP contribution in [0.1, 0.15) is 208 Å². The van der Waals surface area contributed by atoms with Crippen LogP contribution in [0.15, 0.2) is 40.4 Å². The Balaban J connectivity index is 1.68. The average molecular weight is 1730 g/mol. The van der Waals surface area contributed by atoms with E-state index in [1.54, 1.807) is 58.2 Å². The molecule has 0 bridgehead atoms. The van der Waals surface area contributed by atoms with E-state index in [9.17, 15) is 48.3 Å². The Labute approximate surface area is 720 Å². The van der Waals surface area contributed by atoms with Crippen LogP contribution < -0.4 is 115 Å². The summed E-state index contributed by atoms with van der Waals surface area (Å²) in [4.78, 5) is 223. The van der Waals surface area contributed by atoms with E-state index in [1.807, 2.05) is 0 Å². The number of benzene rings is 1. The van der Waals surface area contributed by atoms with Crippen molar-refractivity contribution >= 4 is 106 Å². The van der Waals surface area contributed by atoms with Crippen LogP contribution in [0.3, 0.4) is 0 Å². The van der Waals surface area contributed by atoms with E-state index in [1.165, 1.54) is 23.6 Å². The number of hydrogen-bond acceptors (Lipinski definition) is 22. The standard InChI is InChI=1S/C82H142N26O15/c1-47(2)43-61-74(117)100-56(27-11-16-36-85)71(114)97-55(26-10-15-35-84)69(112)98-58(30-19-39-92-81(88)89)72(115)99-59(31-20-40-93-82(90)91)73(116)104-63(45-51-46-94-53-24-8-7-23-52(51)53)76(119)101-57(28-12-17-37-86)70(113)96-54(25-9-14-34-83)68(111)95-49(5)67(110)102-60(29-13-18-38-87)79(122)108-42-22-33-65(108)80(123)107-41-21-32-64(107)77(120)106-66(50(6)109)78(121)105-62(44-48(3)4)75(118)103-61/h7-8,23-24,46-50,54-66,94,109H,9-22,25-45,83-87H2,1-6H3,(H,95,111)(H,96,113)(H,97,114)(H,98,112)(H,99,115)(H,100,117)(H,101,119)(H,102,110)(H,103,118)(H,104,116)(H,105,121)(H,106,120)(H4,88,89,92)(H4,90,91,93)/t49-,50+,54-,55-,56-,57-,58-,59-,60-,61-,62-,63-,64-,65+,66-/m0/s1. The van der Waals surface area contributed by atoms with Gasteiger partial charge in [0.15, 0.2) is 11.9 Å². The van der Waals surface area contributed by atoms with Crippen molar-refractivity contribution < 1.29 is 72.2 Å². The molecule has 5 rings (SSSR count).